The number of aromatic nitrogens is 1. The maximum atomic E-state index is 9.06. The van der Waals surface area contributed by atoms with Crippen LogP contribution in [-0.4, -0.2) is 29.1 Å². The summed E-state index contributed by atoms with van der Waals surface area (Å²) in [5.74, 6) is 0.139. The molecule has 0 atom stereocenters. The fourth-order valence-electron chi connectivity index (χ4n) is 3.39. The number of anilines is 1. The van der Waals surface area contributed by atoms with E-state index in [0.717, 1.165) is 35.7 Å². The highest BCUT2D eigenvalue weighted by Gasteiger charge is 2.36. The van der Waals surface area contributed by atoms with Crippen molar-refractivity contribution in [1.82, 2.24) is 4.98 Å². The van der Waals surface area contributed by atoms with Crippen LogP contribution in [-0.2, 0) is 0 Å². The number of oxime groups is 1. The monoisotopic (exact) mass is 290 g/mol. The zero-order valence-electron chi connectivity index (χ0n) is 13.5. The molecule has 21 heavy (non-hydrogen) atoms. The van der Waals surface area contributed by atoms with Gasteiger partial charge in [-0.15, -0.1) is 0 Å². The fraction of sp³-hybridized carbons (Fsp3) is 0.625. The van der Waals surface area contributed by atoms with Crippen LogP contribution in [0.2, 0.25) is 0 Å². The summed E-state index contributed by atoms with van der Waals surface area (Å²) in [7, 11) is 0. The molecule has 0 spiro atoms. The summed E-state index contributed by atoms with van der Waals surface area (Å²) in [6, 6.07) is 2.04. The lowest BCUT2D eigenvalue weighted by atomic mass is 9.82. The van der Waals surface area contributed by atoms with E-state index in [-0.39, 0.29) is 5.84 Å². The van der Waals surface area contributed by atoms with Gasteiger partial charge in [0.25, 0.3) is 0 Å². The second kappa shape index (κ2) is 5.92. The molecule has 116 valence electrons. The van der Waals surface area contributed by atoms with Crippen molar-refractivity contribution in [1.29, 1.82) is 0 Å². The number of amidine groups is 1. The van der Waals surface area contributed by atoms with Crippen LogP contribution in [0.3, 0.4) is 0 Å². The standard InChI is InChI=1S/C16H26N4O/c1-5-16(6-2)7-8-20(10-16)13-9-11(3)18-12(4)14(13)15(17)19-21/h9,21H,5-8,10H2,1-4H3,(H2,17,19). The number of nitrogens with zero attached hydrogens (tertiary/aromatic N) is 3. The van der Waals surface area contributed by atoms with Gasteiger partial charge < -0.3 is 15.8 Å². The van der Waals surface area contributed by atoms with Crippen LogP contribution in [0.1, 0.15) is 50.1 Å². The predicted molar refractivity (Wildman–Crippen MR) is 86.1 cm³/mol. The van der Waals surface area contributed by atoms with Crippen LogP contribution < -0.4 is 10.6 Å². The third-order valence-corrected chi connectivity index (χ3v) is 4.95. The zero-order valence-corrected chi connectivity index (χ0v) is 13.5. The molecule has 5 heteroatoms. The van der Waals surface area contributed by atoms with Gasteiger partial charge in [0.05, 0.1) is 16.9 Å². The Balaban J connectivity index is 2.45. The fourth-order valence-corrected chi connectivity index (χ4v) is 3.39. The molecule has 0 saturated carbocycles. The number of hydrogen-bond acceptors (Lipinski definition) is 4. The highest BCUT2D eigenvalue weighted by molar-refractivity contribution is 6.03. The molecule has 1 aliphatic rings. The first-order valence-corrected chi connectivity index (χ1v) is 7.67. The molecule has 1 fully saturated rings. The van der Waals surface area contributed by atoms with Crippen molar-refractivity contribution in [2.75, 3.05) is 18.0 Å². The van der Waals surface area contributed by atoms with E-state index >= 15 is 0 Å². The molecule has 5 nitrogen and oxygen atoms in total. The molecule has 0 unspecified atom stereocenters. The first kappa shape index (κ1) is 15.6. The first-order chi connectivity index (χ1) is 9.96. The maximum absolute atomic E-state index is 9.06. The highest BCUT2D eigenvalue weighted by atomic mass is 16.4. The molecule has 2 heterocycles. The number of aryl methyl sites for hydroxylation is 2. The molecule has 1 aliphatic heterocycles. The Hall–Kier alpha value is -1.78. The Bertz CT molecular complexity index is 549. The molecule has 1 aromatic rings. The summed E-state index contributed by atoms with van der Waals surface area (Å²) < 4.78 is 0. The van der Waals surface area contributed by atoms with Crippen molar-refractivity contribution >= 4 is 11.5 Å². The maximum Gasteiger partial charge on any atom is 0.174 e. The van der Waals surface area contributed by atoms with E-state index in [0.29, 0.717) is 5.41 Å². The van der Waals surface area contributed by atoms with Crippen molar-refractivity contribution in [2.45, 2.75) is 47.0 Å². The van der Waals surface area contributed by atoms with E-state index in [1.165, 1.54) is 19.3 Å². The van der Waals surface area contributed by atoms with Gasteiger partial charge in [0.1, 0.15) is 0 Å². The van der Waals surface area contributed by atoms with Gasteiger partial charge in [0.15, 0.2) is 5.84 Å². The average Bonchev–Trinajstić information content (AvgIpc) is 2.91. The topological polar surface area (TPSA) is 74.7 Å². The lowest BCUT2D eigenvalue weighted by molar-refractivity contribution is 0.301. The van der Waals surface area contributed by atoms with Gasteiger partial charge in [0, 0.05) is 18.8 Å². The smallest absolute Gasteiger partial charge is 0.174 e. The molecule has 2 rings (SSSR count). The van der Waals surface area contributed by atoms with Gasteiger partial charge in [-0.2, -0.15) is 0 Å². The Kier molecular flexibility index (Phi) is 4.40. The predicted octanol–water partition coefficient (Wildman–Crippen LogP) is 2.81. The summed E-state index contributed by atoms with van der Waals surface area (Å²) >= 11 is 0. The number of pyridine rings is 1. The Morgan fingerprint density at radius 2 is 2.10 bits per heavy atom. The van der Waals surface area contributed by atoms with Crippen molar-refractivity contribution in [3.63, 3.8) is 0 Å². The largest absolute Gasteiger partial charge is 0.409 e. The molecule has 0 radical (unpaired) electrons. The lowest BCUT2D eigenvalue weighted by Gasteiger charge is -2.28. The summed E-state index contributed by atoms with van der Waals surface area (Å²) in [4.78, 5) is 6.82. The van der Waals surface area contributed by atoms with E-state index in [1.807, 2.05) is 19.9 Å². The molecule has 1 saturated heterocycles. The first-order valence-electron chi connectivity index (χ1n) is 7.67. The van der Waals surface area contributed by atoms with Crippen LogP contribution in [0.5, 0.6) is 0 Å². The number of hydrogen-bond donors (Lipinski definition) is 2. The van der Waals surface area contributed by atoms with Gasteiger partial charge in [-0.1, -0.05) is 19.0 Å². The minimum atomic E-state index is 0.139. The van der Waals surface area contributed by atoms with Gasteiger partial charge in [-0.25, -0.2) is 0 Å². The van der Waals surface area contributed by atoms with Crippen LogP contribution in [0.25, 0.3) is 0 Å². The third-order valence-electron chi connectivity index (χ3n) is 4.95. The van der Waals surface area contributed by atoms with E-state index < -0.39 is 0 Å². The van der Waals surface area contributed by atoms with E-state index in [2.05, 4.69) is 28.9 Å². The Labute approximate surface area is 126 Å². The van der Waals surface area contributed by atoms with E-state index in [9.17, 15) is 0 Å². The van der Waals surface area contributed by atoms with Crippen molar-refractivity contribution < 1.29 is 5.21 Å². The van der Waals surface area contributed by atoms with Gasteiger partial charge >= 0.3 is 0 Å². The Morgan fingerprint density at radius 1 is 1.43 bits per heavy atom. The van der Waals surface area contributed by atoms with Crippen molar-refractivity contribution in [2.24, 2.45) is 16.3 Å². The molecule has 0 bridgehead atoms. The van der Waals surface area contributed by atoms with Crippen molar-refractivity contribution in [3.8, 4) is 0 Å². The molecule has 0 aromatic carbocycles. The molecule has 3 N–H and O–H groups in total. The van der Waals surface area contributed by atoms with Crippen LogP contribution in [0.4, 0.5) is 5.69 Å². The number of nitrogens with two attached hydrogens (primary N) is 1. The zero-order chi connectivity index (χ0) is 15.6. The summed E-state index contributed by atoms with van der Waals surface area (Å²) in [5, 5.41) is 12.2. The lowest BCUT2D eigenvalue weighted by Crippen LogP contribution is -2.29. The third kappa shape index (κ3) is 2.82. The van der Waals surface area contributed by atoms with Crippen LogP contribution in [0.15, 0.2) is 11.2 Å². The SMILES string of the molecule is CCC1(CC)CCN(c2cc(C)nc(C)c2/C(N)=N/O)C1. The molecular formula is C16H26N4O. The second-order valence-corrected chi connectivity index (χ2v) is 6.11. The molecular weight excluding hydrogens is 264 g/mol. The highest BCUT2D eigenvalue weighted by Crippen LogP contribution is 2.40. The second-order valence-electron chi connectivity index (χ2n) is 6.11. The van der Waals surface area contributed by atoms with Gasteiger partial charge in [0.2, 0.25) is 0 Å². The quantitative estimate of drug-likeness (QED) is 0.387. The summed E-state index contributed by atoms with van der Waals surface area (Å²) in [5.41, 5.74) is 9.83. The molecule has 0 aliphatic carbocycles. The minimum Gasteiger partial charge on any atom is -0.409 e. The summed E-state index contributed by atoms with van der Waals surface area (Å²) in [6.45, 7) is 10.5. The average molecular weight is 290 g/mol. The normalized spacial score (nSPS) is 18.3. The molecule has 1 aromatic heterocycles. The van der Waals surface area contributed by atoms with Gasteiger partial charge in [-0.3, -0.25) is 4.98 Å². The number of rotatable bonds is 4. The van der Waals surface area contributed by atoms with Crippen molar-refractivity contribution in [3.05, 3.63) is 23.0 Å². The van der Waals surface area contributed by atoms with Gasteiger partial charge in [-0.05, 0) is 44.6 Å². The van der Waals surface area contributed by atoms with Crippen LogP contribution >= 0.6 is 0 Å². The summed E-state index contributed by atoms with van der Waals surface area (Å²) in [6.07, 6.45) is 3.56. The van der Waals surface area contributed by atoms with E-state index in [4.69, 9.17) is 10.9 Å². The minimum absolute atomic E-state index is 0.139. The van der Waals surface area contributed by atoms with Crippen LogP contribution in [0, 0.1) is 19.3 Å². The Morgan fingerprint density at radius 3 is 2.62 bits per heavy atom. The van der Waals surface area contributed by atoms with E-state index in [1.54, 1.807) is 0 Å². The molecule has 0 amide bonds.